The Bertz CT molecular complexity index is 550. The molecule has 0 aliphatic rings. The van der Waals surface area contributed by atoms with Gasteiger partial charge in [0.05, 0.1) is 5.56 Å². The number of benzene rings is 1. The van der Waals surface area contributed by atoms with Crippen LogP contribution in [-0.2, 0) is 0 Å². The Morgan fingerprint density at radius 1 is 1.22 bits per heavy atom. The average Bonchev–Trinajstić information content (AvgIpc) is 2.39. The third-order valence-electron chi connectivity index (χ3n) is 2.21. The number of aromatic nitrogens is 1. The third kappa shape index (κ3) is 3.17. The van der Waals surface area contributed by atoms with Crippen LogP contribution < -0.4 is 0 Å². The second-order valence-electron chi connectivity index (χ2n) is 3.45. The molecule has 1 aromatic carbocycles. The van der Waals surface area contributed by atoms with Crippen LogP contribution in [0.2, 0.25) is 0 Å². The first kappa shape index (κ1) is 13.2. The van der Waals surface area contributed by atoms with Crippen molar-refractivity contribution in [1.29, 1.82) is 0 Å². The fourth-order valence-electron chi connectivity index (χ4n) is 1.36. The van der Waals surface area contributed by atoms with Gasteiger partial charge in [-0.2, -0.15) is 4.39 Å². The zero-order valence-corrected chi connectivity index (χ0v) is 11.6. The molecule has 1 aromatic heterocycles. The molecule has 18 heavy (non-hydrogen) atoms. The van der Waals surface area contributed by atoms with E-state index in [1.165, 1.54) is 24.0 Å². The van der Waals surface area contributed by atoms with Gasteiger partial charge in [0, 0.05) is 11.1 Å². The highest BCUT2D eigenvalue weighted by Crippen LogP contribution is 2.29. The summed E-state index contributed by atoms with van der Waals surface area (Å²) in [5.74, 6) is -1.06. The highest BCUT2D eigenvalue weighted by atomic mass is 79.9. The molecule has 0 fully saturated rings. The molecule has 0 spiro atoms. The number of hydrogen-bond acceptors (Lipinski definition) is 3. The average molecular weight is 326 g/mol. The van der Waals surface area contributed by atoms with Gasteiger partial charge in [-0.25, -0.2) is 4.98 Å². The first-order valence-corrected chi connectivity index (χ1v) is 6.98. The van der Waals surface area contributed by atoms with Crippen molar-refractivity contribution in [3.05, 3.63) is 60.2 Å². The number of rotatable bonds is 4. The van der Waals surface area contributed by atoms with E-state index < -0.39 is 10.1 Å². The summed E-state index contributed by atoms with van der Waals surface area (Å²) in [4.78, 5) is 16.4. The van der Waals surface area contributed by atoms with E-state index in [1.54, 1.807) is 6.07 Å². The molecule has 5 heteroatoms. The SMILES string of the molecule is O=C(c1cccnc1F)C(Br)Sc1ccccc1. The van der Waals surface area contributed by atoms with E-state index in [2.05, 4.69) is 20.9 Å². The normalized spacial score (nSPS) is 12.1. The summed E-state index contributed by atoms with van der Waals surface area (Å²) < 4.78 is 12.8. The molecule has 0 amide bonds. The number of halogens is 2. The maximum absolute atomic E-state index is 13.4. The summed E-state index contributed by atoms with van der Waals surface area (Å²) in [5.41, 5.74) is 0.00260. The number of carbonyl (C=O) groups is 1. The third-order valence-corrected chi connectivity index (χ3v) is 4.16. The van der Waals surface area contributed by atoms with E-state index in [0.29, 0.717) is 0 Å². The number of hydrogen-bond donors (Lipinski definition) is 0. The number of pyridine rings is 1. The van der Waals surface area contributed by atoms with E-state index in [4.69, 9.17) is 0 Å². The van der Waals surface area contributed by atoms with Crippen molar-refractivity contribution in [1.82, 2.24) is 4.98 Å². The Morgan fingerprint density at radius 3 is 2.61 bits per heavy atom. The van der Waals surface area contributed by atoms with Crippen molar-refractivity contribution in [2.75, 3.05) is 0 Å². The molecule has 0 saturated carbocycles. The first-order chi connectivity index (χ1) is 8.68. The van der Waals surface area contributed by atoms with Gasteiger partial charge < -0.3 is 0 Å². The lowest BCUT2D eigenvalue weighted by Gasteiger charge is -2.08. The van der Waals surface area contributed by atoms with Crippen LogP contribution in [0.1, 0.15) is 10.4 Å². The van der Waals surface area contributed by atoms with Gasteiger partial charge in [-0.15, -0.1) is 11.8 Å². The van der Waals surface area contributed by atoms with E-state index in [1.807, 2.05) is 30.3 Å². The van der Waals surface area contributed by atoms with Crippen molar-refractivity contribution < 1.29 is 9.18 Å². The minimum absolute atomic E-state index is 0.00260. The molecule has 0 aliphatic carbocycles. The standard InChI is InChI=1S/C13H9BrFNOS/c14-12(18-9-5-2-1-3-6-9)11(17)10-7-4-8-16-13(10)15/h1-8,12H. The minimum atomic E-state index is -0.736. The zero-order chi connectivity index (χ0) is 13.0. The summed E-state index contributed by atoms with van der Waals surface area (Å²) in [6.45, 7) is 0. The second kappa shape index (κ2) is 6.11. The number of Topliss-reactive ketones (excluding diaryl/α,β-unsaturated/α-hetero) is 1. The Morgan fingerprint density at radius 2 is 1.94 bits per heavy atom. The van der Waals surface area contributed by atoms with Gasteiger partial charge in [0.2, 0.25) is 5.95 Å². The van der Waals surface area contributed by atoms with Crippen molar-refractivity contribution in [3.8, 4) is 0 Å². The van der Waals surface area contributed by atoms with Crippen LogP contribution in [0, 0.1) is 5.95 Å². The smallest absolute Gasteiger partial charge is 0.223 e. The summed E-state index contributed by atoms with van der Waals surface area (Å²) in [5, 5.41) is 0. The Hall–Kier alpha value is -1.20. The number of carbonyl (C=O) groups excluding carboxylic acids is 1. The molecule has 0 aliphatic heterocycles. The maximum atomic E-state index is 13.4. The van der Waals surface area contributed by atoms with Gasteiger partial charge in [0.15, 0.2) is 5.78 Å². The number of ketones is 1. The van der Waals surface area contributed by atoms with Crippen LogP contribution in [0.3, 0.4) is 0 Å². The molecular weight excluding hydrogens is 317 g/mol. The quantitative estimate of drug-likeness (QED) is 0.369. The molecule has 2 aromatic rings. The predicted molar refractivity (Wildman–Crippen MR) is 73.5 cm³/mol. The molecular formula is C13H9BrFNOS. The van der Waals surface area contributed by atoms with Gasteiger partial charge in [0.25, 0.3) is 0 Å². The number of thioether (sulfide) groups is 1. The van der Waals surface area contributed by atoms with Crippen molar-refractivity contribution >= 4 is 33.5 Å². The molecule has 1 atom stereocenters. The van der Waals surface area contributed by atoms with Gasteiger partial charge in [0.1, 0.15) is 4.16 Å². The second-order valence-corrected chi connectivity index (χ2v) is 6.15. The van der Waals surface area contributed by atoms with Gasteiger partial charge in [-0.05, 0) is 24.3 Å². The maximum Gasteiger partial charge on any atom is 0.223 e. The molecule has 0 saturated heterocycles. The lowest BCUT2D eigenvalue weighted by molar-refractivity contribution is 0.101. The minimum Gasteiger partial charge on any atom is -0.292 e. The van der Waals surface area contributed by atoms with E-state index in [-0.39, 0.29) is 11.3 Å². The molecule has 0 bridgehead atoms. The van der Waals surface area contributed by atoms with Crippen LogP contribution in [0.25, 0.3) is 0 Å². The highest BCUT2D eigenvalue weighted by molar-refractivity contribution is 9.11. The summed E-state index contributed by atoms with van der Waals surface area (Å²) >= 11 is 4.60. The van der Waals surface area contributed by atoms with Crippen molar-refractivity contribution in [2.45, 2.75) is 9.05 Å². The molecule has 0 N–H and O–H groups in total. The van der Waals surface area contributed by atoms with Crippen LogP contribution in [0.5, 0.6) is 0 Å². The largest absolute Gasteiger partial charge is 0.292 e. The predicted octanol–water partition coefficient (Wildman–Crippen LogP) is 3.92. The molecule has 2 rings (SSSR count). The van der Waals surface area contributed by atoms with Crippen molar-refractivity contribution in [3.63, 3.8) is 0 Å². The van der Waals surface area contributed by atoms with E-state index in [0.717, 1.165) is 4.90 Å². The van der Waals surface area contributed by atoms with Crippen molar-refractivity contribution in [2.24, 2.45) is 0 Å². The van der Waals surface area contributed by atoms with Crippen LogP contribution >= 0.6 is 27.7 Å². The summed E-state index contributed by atoms with van der Waals surface area (Å²) in [7, 11) is 0. The van der Waals surface area contributed by atoms with Gasteiger partial charge in [-0.3, -0.25) is 4.79 Å². The molecule has 2 nitrogen and oxygen atoms in total. The Kier molecular flexibility index (Phi) is 4.49. The van der Waals surface area contributed by atoms with Crippen LogP contribution in [-0.4, -0.2) is 14.9 Å². The van der Waals surface area contributed by atoms with Gasteiger partial charge in [-0.1, -0.05) is 34.1 Å². The zero-order valence-electron chi connectivity index (χ0n) is 9.22. The van der Waals surface area contributed by atoms with Crippen LogP contribution in [0.4, 0.5) is 4.39 Å². The molecule has 1 heterocycles. The fourth-order valence-corrected chi connectivity index (χ4v) is 3.05. The number of nitrogens with zero attached hydrogens (tertiary/aromatic N) is 1. The van der Waals surface area contributed by atoms with E-state index >= 15 is 0 Å². The Labute approximate surface area is 117 Å². The molecule has 0 radical (unpaired) electrons. The Balaban J connectivity index is 2.13. The highest BCUT2D eigenvalue weighted by Gasteiger charge is 2.21. The number of alkyl halides is 1. The fraction of sp³-hybridized carbons (Fsp3) is 0.0769. The monoisotopic (exact) mass is 325 g/mol. The molecule has 92 valence electrons. The first-order valence-electron chi connectivity index (χ1n) is 5.19. The topological polar surface area (TPSA) is 30.0 Å². The van der Waals surface area contributed by atoms with Gasteiger partial charge >= 0.3 is 0 Å². The summed E-state index contributed by atoms with van der Waals surface area (Å²) in [6.07, 6.45) is 1.32. The van der Waals surface area contributed by atoms with E-state index in [9.17, 15) is 9.18 Å². The van der Waals surface area contributed by atoms with Crippen LogP contribution in [0.15, 0.2) is 53.6 Å². The lowest BCUT2D eigenvalue weighted by atomic mass is 10.2. The lowest BCUT2D eigenvalue weighted by Crippen LogP contribution is -2.13. The summed E-state index contributed by atoms with van der Waals surface area (Å²) in [6, 6.07) is 12.4. The molecule has 1 unspecified atom stereocenters.